The van der Waals surface area contributed by atoms with Gasteiger partial charge in [0.1, 0.15) is 5.69 Å². The van der Waals surface area contributed by atoms with Gasteiger partial charge in [0.2, 0.25) is 10.9 Å². The maximum Gasteiger partial charge on any atom is 0.374 e. The molecule has 1 amide bonds. The highest BCUT2D eigenvalue weighted by Crippen LogP contribution is 2.27. The fourth-order valence-corrected chi connectivity index (χ4v) is 2.36. The van der Waals surface area contributed by atoms with Gasteiger partial charge in [0, 0.05) is 11.1 Å². The molecule has 0 unspecified atom stereocenters. The van der Waals surface area contributed by atoms with Crippen molar-refractivity contribution in [1.29, 1.82) is 0 Å². The Bertz CT molecular complexity index is 985. The zero-order valence-corrected chi connectivity index (χ0v) is 14.2. The molecule has 0 fully saturated rings. The highest BCUT2D eigenvalue weighted by Gasteiger charge is 2.20. The zero-order valence-electron chi connectivity index (χ0n) is 12.7. The van der Waals surface area contributed by atoms with E-state index in [2.05, 4.69) is 10.1 Å². The third-order valence-corrected chi connectivity index (χ3v) is 3.84. The smallest absolute Gasteiger partial charge is 0.374 e. The number of ether oxygens (including phenoxy) is 1. The fraction of sp³-hybridized carbons (Fsp3) is 0.0769. The van der Waals surface area contributed by atoms with E-state index in [-0.39, 0.29) is 10.7 Å². The van der Waals surface area contributed by atoms with Crippen molar-refractivity contribution >= 4 is 44.9 Å². The Morgan fingerprint density at radius 2 is 2.00 bits per heavy atom. The Morgan fingerprint density at radius 3 is 2.58 bits per heavy atom. The Balaban J connectivity index is 2.00. The molecule has 0 aliphatic rings. The number of rotatable bonds is 6. The van der Waals surface area contributed by atoms with Crippen LogP contribution >= 0.6 is 11.6 Å². The lowest BCUT2D eigenvalue weighted by Gasteiger charge is -2.06. The second kappa shape index (κ2) is 7.51. The number of furan rings is 1. The van der Waals surface area contributed by atoms with Gasteiger partial charge in [-0.05, 0) is 24.3 Å². The number of anilines is 1. The van der Waals surface area contributed by atoms with Crippen molar-refractivity contribution < 1.29 is 32.1 Å². The van der Waals surface area contributed by atoms with E-state index in [1.807, 2.05) is 0 Å². The number of nitro groups is 1. The SMILES string of the molecule is NS(=O)(=O)c1ccc(C(=O)OCC(=O)Nc2ccc(Cl)cc2[N+](=O)[O-])o1. The van der Waals surface area contributed by atoms with Crippen molar-refractivity contribution in [1.82, 2.24) is 0 Å². The van der Waals surface area contributed by atoms with Crippen molar-refractivity contribution in [2.75, 3.05) is 11.9 Å². The van der Waals surface area contributed by atoms with Crippen LogP contribution in [0.2, 0.25) is 5.02 Å². The van der Waals surface area contributed by atoms with Crippen molar-refractivity contribution in [3.8, 4) is 0 Å². The molecule has 2 rings (SSSR count). The largest absolute Gasteiger partial charge is 0.450 e. The zero-order chi connectivity index (χ0) is 19.5. The van der Waals surface area contributed by atoms with Crippen LogP contribution in [0.4, 0.5) is 11.4 Å². The summed E-state index contributed by atoms with van der Waals surface area (Å²) in [6.45, 7) is -0.802. The van der Waals surface area contributed by atoms with Gasteiger partial charge in [-0.3, -0.25) is 14.9 Å². The molecule has 0 saturated heterocycles. The van der Waals surface area contributed by atoms with Gasteiger partial charge in [-0.1, -0.05) is 11.6 Å². The summed E-state index contributed by atoms with van der Waals surface area (Å²) in [6, 6.07) is 5.53. The summed E-state index contributed by atoms with van der Waals surface area (Å²) in [5.74, 6) is -2.48. The van der Waals surface area contributed by atoms with E-state index in [1.165, 1.54) is 12.1 Å². The second-order valence-corrected chi connectivity index (χ2v) is 6.64. The summed E-state index contributed by atoms with van der Waals surface area (Å²) >= 11 is 5.65. The molecular weight excluding hydrogens is 394 g/mol. The van der Waals surface area contributed by atoms with Crippen LogP contribution in [0.1, 0.15) is 10.6 Å². The van der Waals surface area contributed by atoms with Gasteiger partial charge in [-0.25, -0.2) is 18.4 Å². The molecule has 3 N–H and O–H groups in total. The summed E-state index contributed by atoms with van der Waals surface area (Å²) in [4.78, 5) is 33.7. The van der Waals surface area contributed by atoms with Crippen LogP contribution in [-0.4, -0.2) is 31.8 Å². The molecule has 0 atom stereocenters. The summed E-state index contributed by atoms with van der Waals surface area (Å²) in [7, 11) is -4.13. The molecule has 2 aromatic rings. The number of nitrogens with one attached hydrogen (secondary N) is 1. The second-order valence-electron chi connectivity index (χ2n) is 4.71. The van der Waals surface area contributed by atoms with Gasteiger partial charge in [-0.2, -0.15) is 0 Å². The van der Waals surface area contributed by atoms with E-state index in [4.69, 9.17) is 21.2 Å². The van der Waals surface area contributed by atoms with E-state index in [1.54, 1.807) is 0 Å². The Hall–Kier alpha value is -2.96. The number of nitrogens with two attached hydrogens (primary N) is 1. The van der Waals surface area contributed by atoms with Crippen LogP contribution in [0.3, 0.4) is 0 Å². The molecule has 138 valence electrons. The van der Waals surface area contributed by atoms with E-state index in [0.717, 1.165) is 18.2 Å². The number of nitrogens with zero attached hydrogens (tertiary/aromatic N) is 1. The van der Waals surface area contributed by atoms with Gasteiger partial charge in [-0.15, -0.1) is 0 Å². The molecule has 0 aliphatic heterocycles. The topological polar surface area (TPSA) is 172 Å². The molecule has 0 spiro atoms. The molecule has 1 aromatic carbocycles. The lowest BCUT2D eigenvalue weighted by Crippen LogP contribution is -2.21. The number of sulfonamides is 1. The summed E-state index contributed by atoms with van der Waals surface area (Å²) in [6.07, 6.45) is 0. The predicted octanol–water partition coefficient (Wildman–Crippen LogP) is 1.28. The monoisotopic (exact) mass is 403 g/mol. The van der Waals surface area contributed by atoms with E-state index >= 15 is 0 Å². The van der Waals surface area contributed by atoms with Crippen LogP contribution < -0.4 is 10.5 Å². The summed E-state index contributed by atoms with van der Waals surface area (Å²) in [5.41, 5.74) is -0.587. The first-order valence-corrected chi connectivity index (χ1v) is 8.54. The minimum atomic E-state index is -4.13. The minimum Gasteiger partial charge on any atom is -0.450 e. The number of halogens is 1. The standard InChI is InChI=1S/C13H10ClN3O8S/c14-7-1-2-8(9(5-7)17(20)21)16-11(18)6-24-13(19)10-3-4-12(25-10)26(15,22)23/h1-5H,6H2,(H,16,18)(H2,15,22,23). The van der Waals surface area contributed by atoms with Gasteiger partial charge in [0.05, 0.1) is 4.92 Å². The first kappa shape index (κ1) is 19.4. The number of nitro benzene ring substituents is 1. The molecule has 0 radical (unpaired) electrons. The minimum absolute atomic E-state index is 0.101. The number of amides is 1. The molecule has 13 heteroatoms. The summed E-state index contributed by atoms with van der Waals surface area (Å²) in [5, 5.41) is 17.4. The van der Waals surface area contributed by atoms with Crippen molar-refractivity contribution in [2.45, 2.75) is 5.09 Å². The Kier molecular flexibility index (Phi) is 5.59. The van der Waals surface area contributed by atoms with Gasteiger partial charge < -0.3 is 14.5 Å². The lowest BCUT2D eigenvalue weighted by atomic mass is 10.2. The average molecular weight is 404 g/mol. The van der Waals surface area contributed by atoms with Crippen LogP contribution in [0.15, 0.2) is 39.8 Å². The number of esters is 1. The van der Waals surface area contributed by atoms with Crippen LogP contribution in [0.5, 0.6) is 0 Å². The summed E-state index contributed by atoms with van der Waals surface area (Å²) < 4.78 is 31.4. The van der Waals surface area contributed by atoms with Crippen molar-refractivity contribution in [3.63, 3.8) is 0 Å². The molecule has 0 aliphatic carbocycles. The first-order valence-electron chi connectivity index (χ1n) is 6.61. The molecule has 1 heterocycles. The average Bonchev–Trinajstić information content (AvgIpc) is 3.04. The van der Waals surface area contributed by atoms with Gasteiger partial charge in [0.15, 0.2) is 6.61 Å². The van der Waals surface area contributed by atoms with Crippen LogP contribution in [0.25, 0.3) is 0 Å². The third-order valence-electron chi connectivity index (χ3n) is 2.83. The van der Waals surface area contributed by atoms with Crippen molar-refractivity contribution in [2.24, 2.45) is 5.14 Å². The number of carbonyl (C=O) groups is 2. The quantitative estimate of drug-likeness (QED) is 0.412. The molecule has 1 aromatic heterocycles. The van der Waals surface area contributed by atoms with Crippen LogP contribution in [-0.2, 0) is 19.6 Å². The molecule has 26 heavy (non-hydrogen) atoms. The highest BCUT2D eigenvalue weighted by molar-refractivity contribution is 7.89. The van der Waals surface area contributed by atoms with E-state index in [0.29, 0.717) is 0 Å². The van der Waals surface area contributed by atoms with Crippen molar-refractivity contribution in [3.05, 3.63) is 51.2 Å². The Labute approximate surface area is 150 Å². The lowest BCUT2D eigenvalue weighted by molar-refractivity contribution is -0.383. The number of hydrogen-bond donors (Lipinski definition) is 2. The maximum absolute atomic E-state index is 11.8. The predicted molar refractivity (Wildman–Crippen MR) is 87.1 cm³/mol. The number of carbonyl (C=O) groups excluding carboxylic acids is 2. The normalized spacial score (nSPS) is 11.0. The molecule has 0 saturated carbocycles. The number of hydrogen-bond acceptors (Lipinski definition) is 8. The Morgan fingerprint density at radius 1 is 1.31 bits per heavy atom. The van der Waals surface area contributed by atoms with Gasteiger partial charge in [0.25, 0.3) is 21.6 Å². The number of benzene rings is 1. The highest BCUT2D eigenvalue weighted by atomic mass is 35.5. The van der Waals surface area contributed by atoms with Crippen LogP contribution in [0, 0.1) is 10.1 Å². The maximum atomic E-state index is 11.8. The number of primary sulfonamides is 1. The van der Waals surface area contributed by atoms with E-state index < -0.39 is 50.0 Å². The van der Waals surface area contributed by atoms with Gasteiger partial charge >= 0.3 is 5.97 Å². The van der Waals surface area contributed by atoms with E-state index in [9.17, 15) is 28.1 Å². The molecular formula is C13H10ClN3O8S. The first-order chi connectivity index (χ1) is 12.1. The fourth-order valence-electron chi connectivity index (χ4n) is 1.73. The molecule has 11 nitrogen and oxygen atoms in total. The third kappa shape index (κ3) is 4.78. The molecule has 0 bridgehead atoms.